The number of carbonyl (C=O) groups is 3. The number of carbonyl (C=O) groups excluding carboxylic acids is 3. The number of rotatable bonds is 13. The minimum Gasteiger partial charge on any atom is -0.404 e. The highest BCUT2D eigenvalue weighted by Gasteiger charge is 2.42. The van der Waals surface area contributed by atoms with Gasteiger partial charge in [0.25, 0.3) is 15.9 Å². The molecular formula is C34H48F3N5O6S. The number of hydrogen-bond donors (Lipinski definition) is 4. The Bertz CT molecular complexity index is 1640. The van der Waals surface area contributed by atoms with E-state index in [1.165, 1.54) is 24.9 Å². The SMILES string of the molecule is CN[C@H](C(=O)NC(C(=O)N(C)[C@H](/C=C(\C)C(=O)NS(=O)(=O)c1ccc(N)c(OC(F)(F)F)c1)C(C)C)C(C)(C)C)C(C)(C)c1ccccc1. The fourth-order valence-electron chi connectivity index (χ4n) is 5.32. The molecule has 3 atom stereocenters. The van der Waals surface area contributed by atoms with Crippen molar-refractivity contribution in [1.29, 1.82) is 0 Å². The predicted octanol–water partition coefficient (Wildman–Crippen LogP) is 4.50. The van der Waals surface area contributed by atoms with Gasteiger partial charge in [0, 0.05) is 24.1 Å². The zero-order valence-corrected chi connectivity index (χ0v) is 30.3. The molecule has 0 aromatic heterocycles. The molecule has 5 N–H and O–H groups in total. The van der Waals surface area contributed by atoms with Crippen LogP contribution in [0.25, 0.3) is 0 Å². The number of alkyl halides is 3. The van der Waals surface area contributed by atoms with E-state index < -0.39 is 73.5 Å². The summed E-state index contributed by atoms with van der Waals surface area (Å²) in [7, 11) is -1.46. The summed E-state index contributed by atoms with van der Waals surface area (Å²) in [6.45, 7) is 14.2. The molecule has 0 aliphatic rings. The first kappa shape index (κ1) is 41.1. The lowest BCUT2D eigenvalue weighted by atomic mass is 9.76. The number of anilines is 1. The van der Waals surface area contributed by atoms with Crippen LogP contribution >= 0.6 is 0 Å². The van der Waals surface area contributed by atoms with E-state index in [9.17, 15) is 36.0 Å². The molecule has 15 heteroatoms. The van der Waals surface area contributed by atoms with Crippen LogP contribution in [-0.2, 0) is 29.8 Å². The Labute approximate surface area is 286 Å². The van der Waals surface area contributed by atoms with E-state index in [2.05, 4.69) is 15.4 Å². The first-order valence-electron chi connectivity index (χ1n) is 15.5. The van der Waals surface area contributed by atoms with E-state index in [0.717, 1.165) is 17.7 Å². The van der Waals surface area contributed by atoms with Crippen LogP contribution in [0.2, 0.25) is 0 Å². The standard InChI is InChI=1S/C34H48F3N5O6S/c1-20(2)25(18-21(3)29(43)41-49(46,47)23-16-17-24(38)26(19-23)48-34(35,36)37)42(10)31(45)28(32(4,5)6)40-30(44)27(39-9)33(7,8)22-14-12-11-13-15-22/h11-20,25,27-28,39H,38H2,1-10H3,(H,40,44)(H,41,43)/b21-18+/t25-,27-,28?/m1/s1. The number of nitrogens with zero attached hydrogens (tertiary/aromatic N) is 1. The number of nitrogens with one attached hydrogen (secondary N) is 3. The van der Waals surface area contributed by atoms with Crippen molar-refractivity contribution in [2.75, 3.05) is 19.8 Å². The summed E-state index contributed by atoms with van der Waals surface area (Å²) >= 11 is 0. The van der Waals surface area contributed by atoms with Gasteiger partial charge in [-0.15, -0.1) is 13.2 Å². The number of amides is 3. The normalized spacial score (nSPS) is 14.9. The Morgan fingerprint density at radius 2 is 1.53 bits per heavy atom. The molecule has 2 aromatic rings. The highest BCUT2D eigenvalue weighted by molar-refractivity contribution is 7.90. The minimum atomic E-state index is -5.13. The Morgan fingerprint density at radius 1 is 0.959 bits per heavy atom. The second-order valence-corrected chi connectivity index (χ2v) is 15.5. The summed E-state index contributed by atoms with van der Waals surface area (Å²) in [5, 5.41) is 6.03. The van der Waals surface area contributed by atoms with Gasteiger partial charge in [0.1, 0.15) is 6.04 Å². The molecular weight excluding hydrogens is 663 g/mol. The number of sulfonamides is 1. The Kier molecular flexibility index (Phi) is 13.1. The van der Waals surface area contributed by atoms with Gasteiger partial charge in [0.15, 0.2) is 5.75 Å². The lowest BCUT2D eigenvalue weighted by Crippen LogP contribution is -2.61. The summed E-state index contributed by atoms with van der Waals surface area (Å²) in [6, 6.07) is 9.47. The van der Waals surface area contributed by atoms with Gasteiger partial charge in [-0.1, -0.05) is 84.9 Å². The smallest absolute Gasteiger partial charge is 0.404 e. The number of halogens is 3. The maximum atomic E-state index is 14.1. The monoisotopic (exact) mass is 711 g/mol. The molecule has 49 heavy (non-hydrogen) atoms. The molecule has 0 bridgehead atoms. The number of benzene rings is 2. The maximum Gasteiger partial charge on any atom is 0.573 e. The molecule has 2 rings (SSSR count). The minimum absolute atomic E-state index is 0.0830. The van der Waals surface area contributed by atoms with Crippen LogP contribution in [0.15, 0.2) is 65.1 Å². The van der Waals surface area contributed by atoms with E-state index in [0.29, 0.717) is 6.07 Å². The van der Waals surface area contributed by atoms with Crippen LogP contribution in [0.3, 0.4) is 0 Å². The van der Waals surface area contributed by atoms with Crippen molar-refractivity contribution >= 4 is 33.4 Å². The Balaban J connectivity index is 2.35. The summed E-state index contributed by atoms with van der Waals surface area (Å²) < 4.78 is 69.8. The van der Waals surface area contributed by atoms with Crippen molar-refractivity contribution in [2.24, 2.45) is 11.3 Å². The lowest BCUT2D eigenvalue weighted by Gasteiger charge is -2.40. The van der Waals surface area contributed by atoms with Crippen LogP contribution < -0.4 is 25.8 Å². The molecule has 0 saturated heterocycles. The van der Waals surface area contributed by atoms with Crippen molar-refractivity contribution in [3.05, 3.63) is 65.7 Å². The highest BCUT2D eigenvalue weighted by atomic mass is 32.2. The summed E-state index contributed by atoms with van der Waals surface area (Å²) in [5.41, 5.74) is 4.48. The molecule has 2 aromatic carbocycles. The van der Waals surface area contributed by atoms with Crippen LogP contribution in [0.5, 0.6) is 5.75 Å². The average Bonchev–Trinajstić information content (AvgIpc) is 2.97. The van der Waals surface area contributed by atoms with E-state index >= 15 is 0 Å². The Hall–Kier alpha value is -4.11. The lowest BCUT2D eigenvalue weighted by molar-refractivity contribution is -0.274. The van der Waals surface area contributed by atoms with Gasteiger partial charge in [-0.25, -0.2) is 13.1 Å². The van der Waals surface area contributed by atoms with Crippen molar-refractivity contribution in [2.45, 2.75) is 90.2 Å². The molecule has 0 heterocycles. The van der Waals surface area contributed by atoms with Gasteiger partial charge in [-0.2, -0.15) is 0 Å². The van der Waals surface area contributed by atoms with Crippen LogP contribution in [0.1, 0.15) is 61.0 Å². The second-order valence-electron chi connectivity index (χ2n) is 13.8. The number of likely N-dealkylation sites (N-methyl/N-ethyl adjacent to an activating group) is 2. The van der Waals surface area contributed by atoms with E-state index in [1.54, 1.807) is 20.9 Å². The van der Waals surface area contributed by atoms with Crippen molar-refractivity contribution in [3.63, 3.8) is 0 Å². The third-order valence-corrected chi connectivity index (χ3v) is 9.52. The number of nitrogen functional groups attached to an aromatic ring is 1. The number of nitrogens with two attached hydrogens (primary N) is 1. The summed E-state index contributed by atoms with van der Waals surface area (Å²) in [4.78, 5) is 41.6. The number of hydrogen-bond acceptors (Lipinski definition) is 8. The largest absolute Gasteiger partial charge is 0.573 e. The molecule has 272 valence electrons. The van der Waals surface area contributed by atoms with Crippen molar-refractivity contribution in [1.82, 2.24) is 20.3 Å². The van der Waals surface area contributed by atoms with Crippen molar-refractivity contribution in [3.8, 4) is 5.75 Å². The molecule has 0 spiro atoms. The molecule has 0 saturated carbocycles. The Morgan fingerprint density at radius 3 is 2.02 bits per heavy atom. The maximum absolute atomic E-state index is 14.1. The predicted molar refractivity (Wildman–Crippen MR) is 182 cm³/mol. The molecule has 0 aliphatic carbocycles. The van der Waals surface area contributed by atoms with Crippen LogP contribution in [0.4, 0.5) is 18.9 Å². The van der Waals surface area contributed by atoms with Gasteiger partial charge in [0.05, 0.1) is 22.7 Å². The molecule has 3 amide bonds. The van der Waals surface area contributed by atoms with Gasteiger partial charge < -0.3 is 26.0 Å². The van der Waals surface area contributed by atoms with E-state index in [-0.39, 0.29) is 17.4 Å². The average molecular weight is 712 g/mol. The zero-order chi connectivity index (χ0) is 37.7. The van der Waals surface area contributed by atoms with Gasteiger partial charge in [-0.3, -0.25) is 14.4 Å². The van der Waals surface area contributed by atoms with Crippen LogP contribution in [-0.4, -0.2) is 69.6 Å². The van der Waals surface area contributed by atoms with E-state index in [4.69, 9.17) is 5.73 Å². The topological polar surface area (TPSA) is 160 Å². The second kappa shape index (κ2) is 15.6. The van der Waals surface area contributed by atoms with Gasteiger partial charge in [0.2, 0.25) is 11.8 Å². The molecule has 1 unspecified atom stereocenters. The number of ether oxygens (including phenoxy) is 1. The first-order chi connectivity index (χ1) is 22.3. The van der Waals surface area contributed by atoms with Gasteiger partial charge >= 0.3 is 6.36 Å². The van der Waals surface area contributed by atoms with Crippen molar-refractivity contribution < 1.29 is 40.7 Å². The molecule has 0 aliphatic heterocycles. The fraction of sp³-hybridized carbons (Fsp3) is 0.500. The third kappa shape index (κ3) is 10.7. The van der Waals surface area contributed by atoms with Crippen LogP contribution in [0, 0.1) is 11.3 Å². The first-order valence-corrected chi connectivity index (χ1v) is 17.0. The van der Waals surface area contributed by atoms with Gasteiger partial charge in [-0.05, 0) is 43.0 Å². The highest BCUT2D eigenvalue weighted by Crippen LogP contribution is 2.31. The van der Waals surface area contributed by atoms with E-state index in [1.807, 2.05) is 69.7 Å². The molecule has 0 radical (unpaired) electrons. The fourth-order valence-corrected chi connectivity index (χ4v) is 6.35. The summed E-state index contributed by atoms with van der Waals surface area (Å²) in [5.74, 6) is -3.11. The summed E-state index contributed by atoms with van der Waals surface area (Å²) in [6.07, 6.45) is -3.71. The molecule has 0 fully saturated rings. The zero-order valence-electron chi connectivity index (χ0n) is 29.5. The molecule has 11 nitrogen and oxygen atoms in total. The quantitative estimate of drug-likeness (QED) is 0.175. The third-order valence-electron chi connectivity index (χ3n) is 8.19.